The van der Waals surface area contributed by atoms with Crippen molar-refractivity contribution in [3.05, 3.63) is 59.3 Å². The topological polar surface area (TPSA) is 107 Å². The van der Waals surface area contributed by atoms with E-state index in [0.717, 1.165) is 5.56 Å². The Morgan fingerprint density at radius 2 is 2.04 bits per heavy atom. The Bertz CT molecular complexity index is 835. The molecule has 0 bridgehead atoms. The maximum atomic E-state index is 12.2. The number of nitrogens with zero attached hydrogens (tertiary/aromatic N) is 1. The molecule has 1 fully saturated rings. The summed E-state index contributed by atoms with van der Waals surface area (Å²) in [6.07, 6.45) is 0.511. The van der Waals surface area contributed by atoms with Gasteiger partial charge in [0.1, 0.15) is 5.56 Å². The van der Waals surface area contributed by atoms with Crippen LogP contribution in [0.25, 0.3) is 0 Å². The average Bonchev–Trinajstić information content (AvgIpc) is 3.00. The summed E-state index contributed by atoms with van der Waals surface area (Å²) in [5, 5.41) is 4.90. The summed E-state index contributed by atoms with van der Waals surface area (Å²) in [7, 11) is 1.46. The van der Waals surface area contributed by atoms with E-state index in [1.54, 1.807) is 30.5 Å². The summed E-state index contributed by atoms with van der Waals surface area (Å²) in [5.41, 5.74) is 1.94. The van der Waals surface area contributed by atoms with Crippen molar-refractivity contribution in [1.82, 2.24) is 15.6 Å². The molecule has 0 saturated carbocycles. The predicted octanol–water partition coefficient (Wildman–Crippen LogP) is 1.37. The lowest BCUT2D eigenvalue weighted by molar-refractivity contribution is -0.123. The number of amides is 3. The van der Waals surface area contributed by atoms with Gasteiger partial charge in [0, 0.05) is 18.3 Å². The molecule has 3 rings (SSSR count). The highest BCUT2D eigenvalue weighted by Crippen LogP contribution is 2.22. The maximum Gasteiger partial charge on any atom is 0.415 e. The number of rotatable bonds is 6. The first-order chi connectivity index (χ1) is 12.6. The van der Waals surface area contributed by atoms with Crippen molar-refractivity contribution < 1.29 is 23.9 Å². The zero-order chi connectivity index (χ0) is 18.5. The van der Waals surface area contributed by atoms with Gasteiger partial charge in [-0.1, -0.05) is 24.3 Å². The van der Waals surface area contributed by atoms with E-state index in [2.05, 4.69) is 15.6 Å². The fraction of sp³-hybridized carbons (Fsp3) is 0.222. The van der Waals surface area contributed by atoms with Crippen LogP contribution in [0.3, 0.4) is 0 Å². The fourth-order valence-electron chi connectivity index (χ4n) is 2.58. The third-order valence-electron chi connectivity index (χ3n) is 3.88. The smallest absolute Gasteiger partial charge is 0.415 e. The van der Waals surface area contributed by atoms with Crippen molar-refractivity contribution in [2.45, 2.75) is 12.5 Å². The van der Waals surface area contributed by atoms with Gasteiger partial charge in [-0.15, -0.1) is 0 Å². The lowest BCUT2D eigenvalue weighted by atomic mass is 10.0. The van der Waals surface area contributed by atoms with Gasteiger partial charge in [0.25, 0.3) is 11.8 Å². The molecule has 26 heavy (non-hydrogen) atoms. The second-order valence-corrected chi connectivity index (χ2v) is 5.58. The SMILES string of the molecule is COc1ncccc1C(=O)NCCc1ccc(C2OC(=O)NC2=O)cc1. The quantitative estimate of drug-likeness (QED) is 0.810. The first-order valence-corrected chi connectivity index (χ1v) is 7.96. The third kappa shape index (κ3) is 3.80. The summed E-state index contributed by atoms with van der Waals surface area (Å²) in [4.78, 5) is 38.8. The van der Waals surface area contributed by atoms with E-state index >= 15 is 0 Å². The molecule has 8 heteroatoms. The average molecular weight is 355 g/mol. The number of alkyl carbamates (subject to hydrolysis) is 1. The molecule has 134 valence electrons. The molecule has 2 heterocycles. The number of hydrogen-bond donors (Lipinski definition) is 2. The molecule has 8 nitrogen and oxygen atoms in total. The minimum absolute atomic E-state index is 0.263. The largest absolute Gasteiger partial charge is 0.480 e. The normalized spacial score (nSPS) is 16.0. The highest BCUT2D eigenvalue weighted by molar-refractivity contribution is 6.00. The molecule has 1 aliphatic heterocycles. The van der Waals surface area contributed by atoms with Crippen molar-refractivity contribution in [3.8, 4) is 5.88 Å². The predicted molar refractivity (Wildman–Crippen MR) is 90.6 cm³/mol. The van der Waals surface area contributed by atoms with E-state index < -0.39 is 18.1 Å². The van der Waals surface area contributed by atoms with E-state index in [1.807, 2.05) is 12.1 Å². The fourth-order valence-corrected chi connectivity index (χ4v) is 2.58. The molecule has 0 spiro atoms. The van der Waals surface area contributed by atoms with Crippen LogP contribution in [0, 0.1) is 0 Å². The number of pyridine rings is 1. The summed E-state index contributed by atoms with van der Waals surface area (Å²) < 4.78 is 9.98. The Morgan fingerprint density at radius 1 is 1.27 bits per heavy atom. The van der Waals surface area contributed by atoms with E-state index in [-0.39, 0.29) is 11.8 Å². The molecule has 1 saturated heterocycles. The summed E-state index contributed by atoms with van der Waals surface area (Å²) >= 11 is 0. The third-order valence-corrected chi connectivity index (χ3v) is 3.88. The molecule has 0 radical (unpaired) electrons. The van der Waals surface area contributed by atoms with Gasteiger partial charge in [-0.3, -0.25) is 14.9 Å². The van der Waals surface area contributed by atoms with Crippen LogP contribution in [-0.4, -0.2) is 36.5 Å². The number of aromatic nitrogens is 1. The summed E-state index contributed by atoms with van der Waals surface area (Å²) in [6, 6.07) is 10.4. The van der Waals surface area contributed by atoms with Gasteiger partial charge in [0.2, 0.25) is 12.0 Å². The monoisotopic (exact) mass is 355 g/mol. The Balaban J connectivity index is 1.54. The van der Waals surface area contributed by atoms with Gasteiger partial charge in [-0.05, 0) is 24.1 Å². The Hall–Kier alpha value is -3.42. The molecule has 1 aromatic carbocycles. The van der Waals surface area contributed by atoms with Crippen LogP contribution in [0.15, 0.2) is 42.6 Å². The number of carbonyl (C=O) groups excluding carboxylic acids is 3. The van der Waals surface area contributed by atoms with E-state index in [1.165, 1.54) is 7.11 Å². The Morgan fingerprint density at radius 3 is 2.69 bits per heavy atom. The second-order valence-electron chi connectivity index (χ2n) is 5.58. The minimum atomic E-state index is -0.908. The minimum Gasteiger partial charge on any atom is -0.480 e. The lowest BCUT2D eigenvalue weighted by Crippen LogP contribution is -2.26. The second kappa shape index (κ2) is 7.64. The first-order valence-electron chi connectivity index (χ1n) is 7.96. The van der Waals surface area contributed by atoms with Crippen LogP contribution in [0.2, 0.25) is 0 Å². The number of hydrogen-bond acceptors (Lipinski definition) is 6. The zero-order valence-corrected chi connectivity index (χ0v) is 14.0. The molecule has 1 aromatic heterocycles. The molecular formula is C18H17N3O5. The van der Waals surface area contributed by atoms with Crippen LogP contribution in [-0.2, 0) is 16.0 Å². The summed E-state index contributed by atoms with van der Waals surface area (Å²) in [5.74, 6) is -0.458. The van der Waals surface area contributed by atoms with Crippen molar-refractivity contribution in [2.75, 3.05) is 13.7 Å². The summed E-state index contributed by atoms with van der Waals surface area (Å²) in [6.45, 7) is 0.426. The molecular weight excluding hydrogens is 338 g/mol. The Labute approximate surface area is 149 Å². The molecule has 1 unspecified atom stereocenters. The molecule has 1 atom stereocenters. The number of imide groups is 1. The zero-order valence-electron chi connectivity index (χ0n) is 14.0. The molecule has 3 amide bonds. The van der Waals surface area contributed by atoms with Crippen molar-refractivity contribution >= 4 is 17.9 Å². The van der Waals surface area contributed by atoms with Gasteiger partial charge in [-0.25, -0.2) is 9.78 Å². The number of benzene rings is 1. The van der Waals surface area contributed by atoms with Gasteiger partial charge in [0.05, 0.1) is 7.11 Å². The first kappa shape index (κ1) is 17.4. The van der Waals surface area contributed by atoms with Crippen LogP contribution < -0.4 is 15.4 Å². The Kier molecular flexibility index (Phi) is 5.12. The number of cyclic esters (lactones) is 1. The maximum absolute atomic E-state index is 12.2. The number of ether oxygens (including phenoxy) is 2. The van der Waals surface area contributed by atoms with Gasteiger partial charge < -0.3 is 14.8 Å². The van der Waals surface area contributed by atoms with Crippen LogP contribution in [0.5, 0.6) is 5.88 Å². The standard InChI is InChI=1S/C18H17N3O5/c1-25-17-13(3-2-9-20-17)15(22)19-10-8-11-4-6-12(7-5-11)14-16(23)21-18(24)26-14/h2-7,9,14H,8,10H2,1H3,(H,19,22)(H,21,23,24). The number of nitrogens with one attached hydrogen (secondary N) is 2. The van der Waals surface area contributed by atoms with Gasteiger partial charge in [-0.2, -0.15) is 0 Å². The van der Waals surface area contributed by atoms with E-state index in [4.69, 9.17) is 9.47 Å². The van der Waals surface area contributed by atoms with Gasteiger partial charge in [0.15, 0.2) is 0 Å². The molecule has 1 aliphatic rings. The lowest BCUT2D eigenvalue weighted by Gasteiger charge is -2.09. The van der Waals surface area contributed by atoms with Crippen molar-refractivity contribution in [3.63, 3.8) is 0 Å². The van der Waals surface area contributed by atoms with E-state index in [9.17, 15) is 14.4 Å². The number of methoxy groups -OCH3 is 1. The molecule has 2 aromatic rings. The van der Waals surface area contributed by atoms with Crippen molar-refractivity contribution in [1.29, 1.82) is 0 Å². The molecule has 2 N–H and O–H groups in total. The van der Waals surface area contributed by atoms with Gasteiger partial charge >= 0.3 is 6.09 Å². The van der Waals surface area contributed by atoms with E-state index in [0.29, 0.717) is 24.1 Å². The van der Waals surface area contributed by atoms with Crippen LogP contribution in [0.1, 0.15) is 27.6 Å². The van der Waals surface area contributed by atoms with Crippen LogP contribution >= 0.6 is 0 Å². The number of carbonyl (C=O) groups is 3. The highest BCUT2D eigenvalue weighted by atomic mass is 16.6. The van der Waals surface area contributed by atoms with Crippen LogP contribution in [0.4, 0.5) is 4.79 Å². The van der Waals surface area contributed by atoms with Crippen molar-refractivity contribution in [2.24, 2.45) is 0 Å². The highest BCUT2D eigenvalue weighted by Gasteiger charge is 2.33. The molecule has 0 aliphatic carbocycles.